The van der Waals surface area contributed by atoms with E-state index in [2.05, 4.69) is 24.3 Å². The average Bonchev–Trinajstić information content (AvgIpc) is 3.01. The van der Waals surface area contributed by atoms with Crippen LogP contribution in [0.25, 0.3) is 0 Å². The highest BCUT2D eigenvalue weighted by molar-refractivity contribution is 5.76. The number of hydrogen-bond acceptors (Lipinski definition) is 4. The molecule has 0 radical (unpaired) electrons. The first kappa shape index (κ1) is 19.0. The summed E-state index contributed by atoms with van der Waals surface area (Å²) in [5.41, 5.74) is 0.761. The summed E-state index contributed by atoms with van der Waals surface area (Å²) < 4.78 is 7.21. The lowest BCUT2D eigenvalue weighted by Gasteiger charge is -2.22. The number of amides is 1. The fourth-order valence-electron chi connectivity index (χ4n) is 2.37. The Morgan fingerprint density at radius 2 is 2.04 bits per heavy atom. The molecule has 2 N–H and O–H groups in total. The lowest BCUT2D eigenvalue weighted by molar-refractivity contribution is -0.122. The molecule has 2 aromatic rings. The first-order valence-electron chi connectivity index (χ1n) is 8.49. The zero-order chi connectivity index (χ0) is 18.4. The number of hydrogen-bond donors (Lipinski definition) is 2. The van der Waals surface area contributed by atoms with Crippen LogP contribution in [0.4, 0.5) is 0 Å². The van der Waals surface area contributed by atoms with Crippen molar-refractivity contribution in [2.45, 2.75) is 38.7 Å². The Balaban J connectivity index is 1.73. The van der Waals surface area contributed by atoms with E-state index < -0.39 is 5.60 Å². The van der Waals surface area contributed by atoms with E-state index in [1.807, 2.05) is 24.3 Å². The molecule has 0 aliphatic heterocycles. The van der Waals surface area contributed by atoms with E-state index in [4.69, 9.17) is 4.74 Å². The molecule has 0 aliphatic carbocycles. The second-order valence-corrected chi connectivity index (χ2v) is 6.78. The molecular weight excluding hydrogens is 318 g/mol. The van der Waals surface area contributed by atoms with Crippen molar-refractivity contribution in [1.82, 2.24) is 15.1 Å². The molecule has 0 aliphatic rings. The van der Waals surface area contributed by atoms with E-state index in [0.29, 0.717) is 18.1 Å². The molecule has 6 nitrogen and oxygen atoms in total. The molecule has 0 saturated carbocycles. The molecule has 1 atom stereocenters. The quantitative estimate of drug-likeness (QED) is 0.770. The highest BCUT2D eigenvalue weighted by Gasteiger charge is 2.25. The van der Waals surface area contributed by atoms with Crippen LogP contribution in [0, 0.1) is 0 Å². The maximum absolute atomic E-state index is 11.9. The number of ether oxygens (including phenoxy) is 1. The van der Waals surface area contributed by atoms with Gasteiger partial charge in [-0.3, -0.25) is 9.48 Å². The third-order valence-electron chi connectivity index (χ3n) is 4.10. The summed E-state index contributed by atoms with van der Waals surface area (Å²) in [6.07, 6.45) is 3.56. The molecule has 0 spiro atoms. The number of nitrogens with zero attached hydrogens (tertiary/aromatic N) is 2. The van der Waals surface area contributed by atoms with Crippen LogP contribution >= 0.6 is 0 Å². The minimum atomic E-state index is -1.16. The average molecular weight is 345 g/mol. The van der Waals surface area contributed by atoms with Crippen molar-refractivity contribution in [2.24, 2.45) is 7.05 Å². The molecule has 1 amide bonds. The van der Waals surface area contributed by atoms with E-state index in [1.165, 1.54) is 5.56 Å². The Labute approximate surface area is 148 Å². The van der Waals surface area contributed by atoms with Gasteiger partial charge in [-0.2, -0.15) is 5.10 Å². The Hall–Kier alpha value is -2.34. The molecule has 0 saturated heterocycles. The predicted molar refractivity (Wildman–Crippen MR) is 96.4 cm³/mol. The number of aliphatic hydroxyl groups is 1. The lowest BCUT2D eigenvalue weighted by Crippen LogP contribution is -2.38. The van der Waals surface area contributed by atoms with Gasteiger partial charge in [0.15, 0.2) is 0 Å². The molecule has 0 fully saturated rings. The number of aromatic nitrogens is 2. The maximum Gasteiger partial charge on any atom is 0.223 e. The summed E-state index contributed by atoms with van der Waals surface area (Å²) >= 11 is 0. The monoisotopic (exact) mass is 345 g/mol. The third-order valence-corrected chi connectivity index (χ3v) is 4.10. The molecule has 136 valence electrons. The van der Waals surface area contributed by atoms with Gasteiger partial charge in [-0.05, 0) is 30.5 Å². The highest BCUT2D eigenvalue weighted by atomic mass is 16.5. The van der Waals surface area contributed by atoms with Crippen molar-refractivity contribution in [3.63, 3.8) is 0 Å². The van der Waals surface area contributed by atoms with Crippen molar-refractivity contribution >= 4 is 5.91 Å². The zero-order valence-electron chi connectivity index (χ0n) is 15.3. The SMILES string of the molecule is CC(C)c1ccc(OCCC(=O)NCC(C)(O)c2cnn(C)c2)cc1. The van der Waals surface area contributed by atoms with Crippen LogP contribution in [0.3, 0.4) is 0 Å². The molecule has 1 aromatic carbocycles. The largest absolute Gasteiger partial charge is 0.493 e. The van der Waals surface area contributed by atoms with Gasteiger partial charge in [0.2, 0.25) is 5.91 Å². The lowest BCUT2D eigenvalue weighted by atomic mass is 10.00. The van der Waals surface area contributed by atoms with E-state index in [0.717, 1.165) is 5.75 Å². The second-order valence-electron chi connectivity index (χ2n) is 6.78. The Kier molecular flexibility index (Phi) is 6.20. The van der Waals surface area contributed by atoms with Gasteiger partial charge in [-0.25, -0.2) is 0 Å². The Bertz CT molecular complexity index is 690. The Morgan fingerprint density at radius 1 is 1.36 bits per heavy atom. The van der Waals surface area contributed by atoms with Gasteiger partial charge in [0, 0.05) is 18.8 Å². The molecule has 2 rings (SSSR count). The van der Waals surface area contributed by atoms with E-state index in [1.54, 1.807) is 31.0 Å². The van der Waals surface area contributed by atoms with Gasteiger partial charge in [0.25, 0.3) is 0 Å². The number of carbonyl (C=O) groups excluding carboxylic acids is 1. The first-order valence-corrected chi connectivity index (χ1v) is 8.49. The van der Waals surface area contributed by atoms with Gasteiger partial charge < -0.3 is 15.2 Å². The van der Waals surface area contributed by atoms with Gasteiger partial charge >= 0.3 is 0 Å². The molecule has 1 unspecified atom stereocenters. The van der Waals surface area contributed by atoms with Crippen LogP contribution in [0.5, 0.6) is 5.75 Å². The molecular formula is C19H27N3O3. The number of aryl methyl sites for hydroxylation is 1. The zero-order valence-corrected chi connectivity index (χ0v) is 15.3. The van der Waals surface area contributed by atoms with Crippen LogP contribution in [0.2, 0.25) is 0 Å². The number of rotatable bonds is 8. The molecule has 25 heavy (non-hydrogen) atoms. The van der Waals surface area contributed by atoms with E-state index in [-0.39, 0.29) is 18.9 Å². The van der Waals surface area contributed by atoms with Crippen LogP contribution in [0.1, 0.15) is 44.2 Å². The summed E-state index contributed by atoms with van der Waals surface area (Å²) in [5, 5.41) is 17.2. The van der Waals surface area contributed by atoms with Crippen molar-refractivity contribution < 1.29 is 14.6 Å². The van der Waals surface area contributed by atoms with Crippen LogP contribution in [-0.2, 0) is 17.4 Å². The molecule has 6 heteroatoms. The van der Waals surface area contributed by atoms with Crippen molar-refractivity contribution in [1.29, 1.82) is 0 Å². The molecule has 1 aromatic heterocycles. The molecule has 0 bridgehead atoms. The predicted octanol–water partition coefficient (Wildman–Crippen LogP) is 2.34. The van der Waals surface area contributed by atoms with Crippen LogP contribution in [0.15, 0.2) is 36.7 Å². The number of nitrogens with one attached hydrogen (secondary N) is 1. The highest BCUT2D eigenvalue weighted by Crippen LogP contribution is 2.19. The van der Waals surface area contributed by atoms with Crippen LogP contribution in [-0.4, -0.2) is 33.9 Å². The smallest absolute Gasteiger partial charge is 0.223 e. The van der Waals surface area contributed by atoms with Crippen molar-refractivity contribution in [3.05, 3.63) is 47.8 Å². The fourth-order valence-corrected chi connectivity index (χ4v) is 2.37. The van der Waals surface area contributed by atoms with Gasteiger partial charge in [-0.15, -0.1) is 0 Å². The third kappa shape index (κ3) is 5.60. The summed E-state index contributed by atoms with van der Waals surface area (Å²) in [4.78, 5) is 11.9. The first-order chi connectivity index (χ1) is 11.8. The Morgan fingerprint density at radius 3 is 2.60 bits per heavy atom. The van der Waals surface area contributed by atoms with Crippen LogP contribution < -0.4 is 10.1 Å². The minimum Gasteiger partial charge on any atom is -0.493 e. The summed E-state index contributed by atoms with van der Waals surface area (Å²) in [6.45, 7) is 6.35. The summed E-state index contributed by atoms with van der Waals surface area (Å²) in [7, 11) is 1.78. The van der Waals surface area contributed by atoms with Gasteiger partial charge in [-0.1, -0.05) is 26.0 Å². The standard InChI is InChI=1S/C19H27N3O3/c1-14(2)15-5-7-17(8-6-15)25-10-9-18(23)20-13-19(3,24)16-11-21-22(4)12-16/h5-8,11-12,14,24H,9-10,13H2,1-4H3,(H,20,23). The van der Waals surface area contributed by atoms with E-state index >= 15 is 0 Å². The topological polar surface area (TPSA) is 76.4 Å². The van der Waals surface area contributed by atoms with Gasteiger partial charge in [0.1, 0.15) is 11.4 Å². The summed E-state index contributed by atoms with van der Waals surface area (Å²) in [5.74, 6) is 1.06. The van der Waals surface area contributed by atoms with Crippen molar-refractivity contribution in [2.75, 3.05) is 13.2 Å². The van der Waals surface area contributed by atoms with Gasteiger partial charge in [0.05, 0.1) is 25.8 Å². The van der Waals surface area contributed by atoms with Crippen molar-refractivity contribution in [3.8, 4) is 5.75 Å². The van der Waals surface area contributed by atoms with E-state index in [9.17, 15) is 9.90 Å². The fraction of sp³-hybridized carbons (Fsp3) is 0.474. The molecule has 1 heterocycles. The number of benzene rings is 1. The minimum absolute atomic E-state index is 0.126. The maximum atomic E-state index is 11.9. The summed E-state index contributed by atoms with van der Waals surface area (Å²) in [6, 6.07) is 7.90. The second kappa shape index (κ2) is 8.16. The number of carbonyl (C=O) groups is 1. The normalized spacial score (nSPS) is 13.5.